The van der Waals surface area contributed by atoms with E-state index in [4.69, 9.17) is 4.74 Å². The van der Waals surface area contributed by atoms with E-state index in [2.05, 4.69) is 33.4 Å². The third-order valence-corrected chi connectivity index (χ3v) is 2.59. The zero-order valence-electron chi connectivity index (χ0n) is 10.6. The van der Waals surface area contributed by atoms with Crippen LogP contribution in [0.2, 0.25) is 0 Å². The van der Waals surface area contributed by atoms with E-state index in [-0.39, 0.29) is 0 Å². The molecule has 0 aromatic heterocycles. The Kier molecular flexibility index (Phi) is 9.60. The van der Waals surface area contributed by atoms with Gasteiger partial charge in [0.05, 0.1) is 6.61 Å². The van der Waals surface area contributed by atoms with Gasteiger partial charge in [0.1, 0.15) is 0 Å². The molecule has 0 aliphatic rings. The van der Waals surface area contributed by atoms with Gasteiger partial charge in [-0.25, -0.2) is 0 Å². The Bertz CT molecular complexity index is 182. The molecule has 0 bridgehead atoms. The van der Waals surface area contributed by atoms with Gasteiger partial charge in [-0.2, -0.15) is 0 Å². The van der Waals surface area contributed by atoms with Gasteiger partial charge in [-0.05, 0) is 32.1 Å². The van der Waals surface area contributed by atoms with Crippen molar-refractivity contribution < 1.29 is 4.74 Å². The number of hydrogen-bond donors (Lipinski definition) is 0. The van der Waals surface area contributed by atoms with Crippen LogP contribution in [0.5, 0.6) is 0 Å². The molecule has 1 unspecified atom stereocenters. The fraction of sp³-hybridized carbons (Fsp3) is 0.714. The highest BCUT2D eigenvalue weighted by Crippen LogP contribution is 2.11. The van der Waals surface area contributed by atoms with E-state index < -0.39 is 0 Å². The van der Waals surface area contributed by atoms with Crippen molar-refractivity contribution >= 4 is 0 Å². The van der Waals surface area contributed by atoms with E-state index in [9.17, 15) is 0 Å². The van der Waals surface area contributed by atoms with Gasteiger partial charge in [0.15, 0.2) is 0 Å². The minimum absolute atomic E-state index is 0.620. The van der Waals surface area contributed by atoms with Crippen LogP contribution in [0.4, 0.5) is 0 Å². The van der Waals surface area contributed by atoms with Crippen molar-refractivity contribution in [2.45, 2.75) is 46.5 Å². The largest absolute Gasteiger partial charge is 0.377 e. The van der Waals surface area contributed by atoms with Crippen molar-refractivity contribution in [3.63, 3.8) is 0 Å². The van der Waals surface area contributed by atoms with E-state index in [1.54, 1.807) is 0 Å². The number of allylic oxidation sites excluding steroid dienone is 2. The maximum Gasteiger partial charge on any atom is 0.0649 e. The number of ether oxygens (including phenoxy) is 1. The highest BCUT2D eigenvalue weighted by molar-refractivity contribution is 4.98. The van der Waals surface area contributed by atoms with Crippen LogP contribution in [0, 0.1) is 5.92 Å². The van der Waals surface area contributed by atoms with Crippen molar-refractivity contribution in [1.82, 2.24) is 0 Å². The molecule has 0 fully saturated rings. The molecule has 0 rings (SSSR count). The van der Waals surface area contributed by atoms with Crippen LogP contribution < -0.4 is 0 Å². The van der Waals surface area contributed by atoms with E-state index >= 15 is 0 Å². The van der Waals surface area contributed by atoms with E-state index in [0.29, 0.717) is 5.92 Å². The Labute approximate surface area is 95.2 Å². The summed E-state index contributed by atoms with van der Waals surface area (Å²) in [5.74, 6) is 0.620. The van der Waals surface area contributed by atoms with Crippen LogP contribution in [0.15, 0.2) is 24.3 Å². The molecule has 1 atom stereocenters. The summed E-state index contributed by atoms with van der Waals surface area (Å²) in [7, 11) is 0. The van der Waals surface area contributed by atoms with Crippen LogP contribution in [-0.4, -0.2) is 13.2 Å². The maximum atomic E-state index is 5.48. The second-order valence-corrected chi connectivity index (χ2v) is 4.23. The zero-order chi connectivity index (χ0) is 11.5. The molecule has 0 aromatic rings. The molecule has 0 radical (unpaired) electrons. The number of hydrogen-bond acceptors (Lipinski definition) is 1. The van der Waals surface area contributed by atoms with Crippen molar-refractivity contribution in [3.05, 3.63) is 24.3 Å². The highest BCUT2D eigenvalue weighted by atomic mass is 16.5. The first-order valence-corrected chi connectivity index (χ1v) is 6.06. The SMILES string of the molecule is C=CC(C)CCC(C)=CCOCCCC. The molecule has 15 heavy (non-hydrogen) atoms. The lowest BCUT2D eigenvalue weighted by Gasteiger charge is -2.06. The molecule has 0 spiro atoms. The standard InChI is InChI=1S/C14H26O/c1-5-7-11-15-12-10-14(4)9-8-13(3)6-2/h6,10,13H,2,5,7-9,11-12H2,1,3-4H3. The third kappa shape index (κ3) is 9.74. The molecule has 0 aliphatic heterocycles. The average molecular weight is 210 g/mol. The Morgan fingerprint density at radius 2 is 2.20 bits per heavy atom. The normalized spacial score (nSPS) is 13.9. The summed E-state index contributed by atoms with van der Waals surface area (Å²) < 4.78 is 5.48. The van der Waals surface area contributed by atoms with E-state index in [0.717, 1.165) is 19.6 Å². The molecule has 0 aliphatic carbocycles. The van der Waals surface area contributed by atoms with Gasteiger partial charge in [-0.3, -0.25) is 0 Å². The summed E-state index contributed by atoms with van der Waals surface area (Å²) in [4.78, 5) is 0. The van der Waals surface area contributed by atoms with Gasteiger partial charge in [0.2, 0.25) is 0 Å². The summed E-state index contributed by atoms with van der Waals surface area (Å²) in [5.41, 5.74) is 1.43. The summed E-state index contributed by atoms with van der Waals surface area (Å²) in [6.45, 7) is 12.0. The summed E-state index contributed by atoms with van der Waals surface area (Å²) in [6.07, 6.45) is 8.95. The topological polar surface area (TPSA) is 9.23 Å². The molecule has 0 N–H and O–H groups in total. The van der Waals surface area contributed by atoms with Crippen molar-refractivity contribution in [2.75, 3.05) is 13.2 Å². The first-order valence-electron chi connectivity index (χ1n) is 6.06. The van der Waals surface area contributed by atoms with Gasteiger partial charge in [0.25, 0.3) is 0 Å². The van der Waals surface area contributed by atoms with Crippen LogP contribution in [0.25, 0.3) is 0 Å². The molecule has 1 nitrogen and oxygen atoms in total. The summed E-state index contributed by atoms with van der Waals surface area (Å²) in [5, 5.41) is 0. The second kappa shape index (κ2) is 9.97. The lowest BCUT2D eigenvalue weighted by atomic mass is 10.0. The number of rotatable bonds is 9. The number of unbranched alkanes of at least 4 members (excludes halogenated alkanes) is 1. The van der Waals surface area contributed by atoms with Crippen LogP contribution in [0.1, 0.15) is 46.5 Å². The monoisotopic (exact) mass is 210 g/mol. The predicted molar refractivity (Wildman–Crippen MR) is 68.1 cm³/mol. The minimum atomic E-state index is 0.620. The van der Waals surface area contributed by atoms with Crippen molar-refractivity contribution in [3.8, 4) is 0 Å². The minimum Gasteiger partial charge on any atom is -0.377 e. The fourth-order valence-corrected chi connectivity index (χ4v) is 1.21. The van der Waals surface area contributed by atoms with E-state index in [1.165, 1.54) is 24.8 Å². The maximum absolute atomic E-state index is 5.48. The van der Waals surface area contributed by atoms with Crippen molar-refractivity contribution in [1.29, 1.82) is 0 Å². The third-order valence-electron chi connectivity index (χ3n) is 2.59. The van der Waals surface area contributed by atoms with Crippen LogP contribution in [-0.2, 0) is 4.74 Å². The molecular formula is C14H26O. The smallest absolute Gasteiger partial charge is 0.0649 e. The molecular weight excluding hydrogens is 184 g/mol. The molecule has 0 saturated carbocycles. The lowest BCUT2D eigenvalue weighted by molar-refractivity contribution is 0.158. The van der Waals surface area contributed by atoms with Crippen LogP contribution in [0.3, 0.4) is 0 Å². The Hall–Kier alpha value is -0.560. The molecule has 0 aromatic carbocycles. The van der Waals surface area contributed by atoms with Gasteiger partial charge in [0, 0.05) is 6.61 Å². The first kappa shape index (κ1) is 14.4. The Morgan fingerprint density at radius 3 is 2.80 bits per heavy atom. The molecule has 88 valence electrons. The van der Waals surface area contributed by atoms with Crippen molar-refractivity contribution in [2.24, 2.45) is 5.92 Å². The Balaban J connectivity index is 3.47. The lowest BCUT2D eigenvalue weighted by Crippen LogP contribution is -1.95. The van der Waals surface area contributed by atoms with Gasteiger partial charge >= 0.3 is 0 Å². The Morgan fingerprint density at radius 1 is 1.47 bits per heavy atom. The summed E-state index contributed by atoms with van der Waals surface area (Å²) >= 11 is 0. The van der Waals surface area contributed by atoms with Gasteiger partial charge < -0.3 is 4.74 Å². The first-order chi connectivity index (χ1) is 7.20. The predicted octanol–water partition coefficient (Wildman–Crippen LogP) is 4.35. The summed E-state index contributed by atoms with van der Waals surface area (Å²) in [6, 6.07) is 0. The quantitative estimate of drug-likeness (QED) is 0.406. The fourth-order valence-electron chi connectivity index (χ4n) is 1.21. The second-order valence-electron chi connectivity index (χ2n) is 4.23. The van der Waals surface area contributed by atoms with E-state index in [1.807, 2.05) is 6.08 Å². The zero-order valence-corrected chi connectivity index (χ0v) is 10.6. The van der Waals surface area contributed by atoms with Gasteiger partial charge in [-0.15, -0.1) is 6.58 Å². The molecule has 0 heterocycles. The van der Waals surface area contributed by atoms with Gasteiger partial charge in [-0.1, -0.05) is 38.0 Å². The van der Waals surface area contributed by atoms with Crippen LogP contribution >= 0.6 is 0 Å². The molecule has 1 heteroatoms. The highest BCUT2D eigenvalue weighted by Gasteiger charge is 1.96. The molecule has 0 saturated heterocycles. The molecule has 0 amide bonds. The average Bonchev–Trinajstić information content (AvgIpc) is 2.25.